The summed E-state index contributed by atoms with van der Waals surface area (Å²) in [5, 5.41) is 3.40. The Bertz CT molecular complexity index is 541. The maximum Gasteiger partial charge on any atom is 0.178 e. The fourth-order valence-corrected chi connectivity index (χ4v) is 3.26. The van der Waals surface area contributed by atoms with E-state index in [-0.39, 0.29) is 0 Å². The smallest absolute Gasteiger partial charge is 0.178 e. The van der Waals surface area contributed by atoms with E-state index in [1.807, 2.05) is 0 Å². The standard InChI is InChI=1S/C13H16BrN3/c1-9-2-3-12-11(8-9)16-13(14)17(12)10-4-6-15-7-5-10/h2-3,8,10,15H,4-7H2,1H3. The number of aryl methyl sites for hydroxylation is 1. The molecular formula is C13H16BrN3. The summed E-state index contributed by atoms with van der Waals surface area (Å²) >= 11 is 3.60. The molecule has 3 rings (SSSR count). The van der Waals surface area contributed by atoms with E-state index in [9.17, 15) is 0 Å². The summed E-state index contributed by atoms with van der Waals surface area (Å²) in [4.78, 5) is 4.61. The molecule has 1 aliphatic rings. The van der Waals surface area contributed by atoms with Crippen molar-refractivity contribution in [2.75, 3.05) is 13.1 Å². The van der Waals surface area contributed by atoms with Crippen LogP contribution in [-0.2, 0) is 0 Å². The molecule has 2 heterocycles. The summed E-state index contributed by atoms with van der Waals surface area (Å²) in [6, 6.07) is 7.06. The lowest BCUT2D eigenvalue weighted by Gasteiger charge is -2.25. The molecular weight excluding hydrogens is 278 g/mol. The number of fused-ring (bicyclic) bond motifs is 1. The van der Waals surface area contributed by atoms with Gasteiger partial charge in [0.05, 0.1) is 11.0 Å². The summed E-state index contributed by atoms with van der Waals surface area (Å²) in [5.41, 5.74) is 3.60. The zero-order valence-corrected chi connectivity index (χ0v) is 11.5. The first-order chi connectivity index (χ1) is 8.25. The highest BCUT2D eigenvalue weighted by Gasteiger charge is 2.19. The number of nitrogens with zero attached hydrogens (tertiary/aromatic N) is 2. The van der Waals surface area contributed by atoms with Crippen molar-refractivity contribution >= 4 is 27.0 Å². The summed E-state index contributed by atoms with van der Waals surface area (Å²) in [6.45, 7) is 4.31. The molecule has 0 atom stereocenters. The number of piperidine rings is 1. The molecule has 1 aromatic carbocycles. The number of nitrogens with one attached hydrogen (secondary N) is 1. The molecule has 90 valence electrons. The summed E-state index contributed by atoms with van der Waals surface area (Å²) in [5.74, 6) is 0. The van der Waals surface area contributed by atoms with E-state index in [1.54, 1.807) is 0 Å². The van der Waals surface area contributed by atoms with Crippen molar-refractivity contribution < 1.29 is 0 Å². The maximum absolute atomic E-state index is 4.61. The van der Waals surface area contributed by atoms with E-state index in [0.717, 1.165) is 23.3 Å². The van der Waals surface area contributed by atoms with Gasteiger partial charge in [0.15, 0.2) is 4.73 Å². The van der Waals surface area contributed by atoms with Gasteiger partial charge in [-0.25, -0.2) is 4.98 Å². The first-order valence-electron chi connectivity index (χ1n) is 6.10. The first-order valence-corrected chi connectivity index (χ1v) is 6.90. The van der Waals surface area contributed by atoms with Gasteiger partial charge in [0.25, 0.3) is 0 Å². The minimum atomic E-state index is 0.568. The van der Waals surface area contributed by atoms with Crippen molar-refractivity contribution in [2.45, 2.75) is 25.8 Å². The number of aromatic nitrogens is 2. The zero-order valence-electron chi connectivity index (χ0n) is 9.91. The quantitative estimate of drug-likeness (QED) is 0.876. The van der Waals surface area contributed by atoms with Crippen molar-refractivity contribution in [3.63, 3.8) is 0 Å². The van der Waals surface area contributed by atoms with Gasteiger partial charge in [-0.3, -0.25) is 0 Å². The second kappa shape index (κ2) is 4.42. The van der Waals surface area contributed by atoms with Gasteiger partial charge in [0, 0.05) is 6.04 Å². The lowest BCUT2D eigenvalue weighted by atomic mass is 10.1. The van der Waals surface area contributed by atoms with E-state index in [4.69, 9.17) is 0 Å². The van der Waals surface area contributed by atoms with E-state index >= 15 is 0 Å². The monoisotopic (exact) mass is 293 g/mol. The Morgan fingerprint density at radius 2 is 2.12 bits per heavy atom. The van der Waals surface area contributed by atoms with Crippen LogP contribution in [0.25, 0.3) is 11.0 Å². The van der Waals surface area contributed by atoms with Crippen LogP contribution in [0.5, 0.6) is 0 Å². The molecule has 0 radical (unpaired) electrons. The van der Waals surface area contributed by atoms with Gasteiger partial charge >= 0.3 is 0 Å². The molecule has 1 aliphatic heterocycles. The highest BCUT2D eigenvalue weighted by molar-refractivity contribution is 9.10. The fraction of sp³-hybridized carbons (Fsp3) is 0.462. The van der Waals surface area contributed by atoms with Crippen LogP contribution in [0.2, 0.25) is 0 Å². The Morgan fingerprint density at radius 1 is 1.35 bits per heavy atom. The maximum atomic E-state index is 4.61. The van der Waals surface area contributed by atoms with E-state index < -0.39 is 0 Å². The second-order valence-corrected chi connectivity index (χ2v) is 5.43. The Hall–Kier alpha value is -0.870. The van der Waals surface area contributed by atoms with Crippen LogP contribution in [0.15, 0.2) is 22.9 Å². The largest absolute Gasteiger partial charge is 0.317 e. The Balaban J connectivity index is 2.11. The summed E-state index contributed by atoms with van der Waals surface area (Å²) < 4.78 is 3.31. The molecule has 0 amide bonds. The fourth-order valence-electron chi connectivity index (χ4n) is 2.59. The highest BCUT2D eigenvalue weighted by atomic mass is 79.9. The molecule has 2 aromatic rings. The predicted molar refractivity (Wildman–Crippen MR) is 73.3 cm³/mol. The van der Waals surface area contributed by atoms with Crippen LogP contribution in [-0.4, -0.2) is 22.6 Å². The Morgan fingerprint density at radius 3 is 2.88 bits per heavy atom. The number of hydrogen-bond donors (Lipinski definition) is 1. The van der Waals surface area contributed by atoms with Crippen LogP contribution >= 0.6 is 15.9 Å². The molecule has 1 aromatic heterocycles. The normalized spacial score (nSPS) is 17.8. The van der Waals surface area contributed by atoms with Crippen molar-refractivity contribution in [2.24, 2.45) is 0 Å². The van der Waals surface area contributed by atoms with Crippen LogP contribution in [0, 0.1) is 6.92 Å². The third-order valence-electron chi connectivity index (χ3n) is 3.48. The third kappa shape index (κ3) is 2.00. The first kappa shape index (κ1) is 11.2. The van der Waals surface area contributed by atoms with Crippen molar-refractivity contribution in [1.82, 2.24) is 14.9 Å². The highest BCUT2D eigenvalue weighted by Crippen LogP contribution is 2.29. The molecule has 3 nitrogen and oxygen atoms in total. The van der Waals surface area contributed by atoms with Gasteiger partial charge in [-0.1, -0.05) is 6.07 Å². The van der Waals surface area contributed by atoms with E-state index in [1.165, 1.54) is 23.9 Å². The lowest BCUT2D eigenvalue weighted by molar-refractivity contribution is 0.370. The van der Waals surface area contributed by atoms with Crippen LogP contribution in [0.1, 0.15) is 24.4 Å². The Labute approximate surface area is 109 Å². The van der Waals surface area contributed by atoms with Gasteiger partial charge in [0.2, 0.25) is 0 Å². The SMILES string of the molecule is Cc1ccc2c(c1)nc(Br)n2C1CCNCC1. The van der Waals surface area contributed by atoms with Crippen molar-refractivity contribution in [1.29, 1.82) is 0 Å². The van der Waals surface area contributed by atoms with E-state index in [0.29, 0.717) is 6.04 Å². The van der Waals surface area contributed by atoms with Crippen LogP contribution in [0.4, 0.5) is 0 Å². The molecule has 0 spiro atoms. The topological polar surface area (TPSA) is 29.9 Å². The molecule has 0 saturated carbocycles. The van der Waals surface area contributed by atoms with Gasteiger partial charge < -0.3 is 9.88 Å². The minimum absolute atomic E-state index is 0.568. The number of benzene rings is 1. The molecule has 1 fully saturated rings. The number of hydrogen-bond acceptors (Lipinski definition) is 2. The summed E-state index contributed by atoms with van der Waals surface area (Å²) in [7, 11) is 0. The average molecular weight is 294 g/mol. The molecule has 1 saturated heterocycles. The second-order valence-electron chi connectivity index (χ2n) is 4.72. The summed E-state index contributed by atoms with van der Waals surface area (Å²) in [6.07, 6.45) is 2.36. The molecule has 0 aliphatic carbocycles. The average Bonchev–Trinajstić information content (AvgIpc) is 2.65. The van der Waals surface area contributed by atoms with Crippen molar-refractivity contribution in [3.05, 3.63) is 28.5 Å². The lowest BCUT2D eigenvalue weighted by Crippen LogP contribution is -2.29. The molecule has 0 bridgehead atoms. The van der Waals surface area contributed by atoms with Gasteiger partial charge in [0.1, 0.15) is 0 Å². The molecule has 0 unspecified atom stereocenters. The predicted octanol–water partition coefficient (Wildman–Crippen LogP) is 3.03. The Kier molecular flexibility index (Phi) is 2.92. The molecule has 4 heteroatoms. The number of imidazole rings is 1. The van der Waals surface area contributed by atoms with E-state index in [2.05, 4.69) is 55.9 Å². The third-order valence-corrected chi connectivity index (χ3v) is 4.04. The molecule has 1 N–H and O–H groups in total. The number of rotatable bonds is 1. The minimum Gasteiger partial charge on any atom is -0.317 e. The van der Waals surface area contributed by atoms with Crippen LogP contribution in [0.3, 0.4) is 0 Å². The van der Waals surface area contributed by atoms with Gasteiger partial charge in [-0.05, 0) is 66.5 Å². The van der Waals surface area contributed by atoms with Gasteiger partial charge in [-0.15, -0.1) is 0 Å². The number of halogens is 1. The molecule has 17 heavy (non-hydrogen) atoms. The van der Waals surface area contributed by atoms with Gasteiger partial charge in [-0.2, -0.15) is 0 Å². The zero-order chi connectivity index (χ0) is 11.8. The van der Waals surface area contributed by atoms with Crippen LogP contribution < -0.4 is 5.32 Å². The van der Waals surface area contributed by atoms with Crippen molar-refractivity contribution in [3.8, 4) is 0 Å².